The van der Waals surface area contributed by atoms with Gasteiger partial charge in [-0.25, -0.2) is 0 Å². The summed E-state index contributed by atoms with van der Waals surface area (Å²) in [6.07, 6.45) is 1.84. The van der Waals surface area contributed by atoms with Crippen LogP contribution in [0.3, 0.4) is 0 Å². The standard InChI is InChI=1S/C18H25OP/c1-17(2,3)20(18(4,5)6)16-15(12-13-19-16)14-10-8-7-9-11-14/h7-13H,1-6H3. The van der Waals surface area contributed by atoms with Crippen molar-refractivity contribution in [3.8, 4) is 11.1 Å². The van der Waals surface area contributed by atoms with E-state index in [0.29, 0.717) is 0 Å². The van der Waals surface area contributed by atoms with E-state index in [1.54, 1.807) is 0 Å². The molecule has 0 unspecified atom stereocenters. The lowest BCUT2D eigenvalue weighted by Crippen LogP contribution is -2.31. The molecule has 2 aromatic rings. The normalized spacial score (nSPS) is 12.9. The quantitative estimate of drug-likeness (QED) is 0.651. The van der Waals surface area contributed by atoms with Crippen molar-refractivity contribution in [2.75, 3.05) is 0 Å². The van der Waals surface area contributed by atoms with Gasteiger partial charge in [0.15, 0.2) is 0 Å². The highest BCUT2D eigenvalue weighted by molar-refractivity contribution is 7.68. The van der Waals surface area contributed by atoms with E-state index in [-0.39, 0.29) is 10.3 Å². The Labute approximate surface area is 124 Å². The molecule has 0 bridgehead atoms. The van der Waals surface area contributed by atoms with Crippen molar-refractivity contribution in [1.29, 1.82) is 0 Å². The molecule has 1 nitrogen and oxygen atoms in total. The fraction of sp³-hybridized carbons (Fsp3) is 0.444. The predicted molar refractivity (Wildman–Crippen MR) is 90.2 cm³/mol. The van der Waals surface area contributed by atoms with Crippen molar-refractivity contribution >= 4 is 13.4 Å². The van der Waals surface area contributed by atoms with Crippen LogP contribution in [0.2, 0.25) is 0 Å². The minimum absolute atomic E-state index is 0.217. The zero-order chi connectivity index (χ0) is 15.0. The van der Waals surface area contributed by atoms with Crippen molar-refractivity contribution in [3.63, 3.8) is 0 Å². The Bertz CT molecular complexity index is 541. The minimum atomic E-state index is -0.412. The fourth-order valence-electron chi connectivity index (χ4n) is 2.93. The van der Waals surface area contributed by atoms with Crippen LogP contribution < -0.4 is 5.50 Å². The Hall–Kier alpha value is -1.07. The van der Waals surface area contributed by atoms with Gasteiger partial charge in [0.05, 0.1) is 6.26 Å². The molecule has 0 atom stereocenters. The molecule has 108 valence electrons. The number of hydrogen-bond donors (Lipinski definition) is 0. The first-order chi connectivity index (χ1) is 9.21. The van der Waals surface area contributed by atoms with E-state index >= 15 is 0 Å². The predicted octanol–water partition coefficient (Wildman–Crippen LogP) is 5.65. The van der Waals surface area contributed by atoms with Crippen LogP contribution in [0.25, 0.3) is 11.1 Å². The van der Waals surface area contributed by atoms with E-state index < -0.39 is 7.92 Å². The lowest BCUT2D eigenvalue weighted by atomic mass is 10.1. The van der Waals surface area contributed by atoms with Crippen LogP contribution in [-0.2, 0) is 0 Å². The highest BCUT2D eigenvalue weighted by Gasteiger charge is 2.39. The first kappa shape index (κ1) is 15.3. The summed E-state index contributed by atoms with van der Waals surface area (Å²) >= 11 is 0. The number of benzene rings is 1. The molecule has 2 rings (SSSR count). The molecule has 0 amide bonds. The van der Waals surface area contributed by atoms with Crippen LogP contribution in [0.5, 0.6) is 0 Å². The SMILES string of the molecule is CC(C)(C)P(c1occc1-c1ccccc1)C(C)(C)C. The second kappa shape index (κ2) is 5.37. The average Bonchev–Trinajstić information content (AvgIpc) is 2.75. The summed E-state index contributed by atoms with van der Waals surface area (Å²) in [7, 11) is -0.412. The van der Waals surface area contributed by atoms with Crippen LogP contribution in [-0.4, -0.2) is 10.3 Å². The zero-order valence-corrected chi connectivity index (χ0v) is 14.3. The molecular weight excluding hydrogens is 263 g/mol. The number of rotatable bonds is 2. The maximum Gasteiger partial charge on any atom is 0.134 e. The summed E-state index contributed by atoms with van der Waals surface area (Å²) in [5.41, 5.74) is 3.67. The zero-order valence-electron chi connectivity index (χ0n) is 13.4. The molecule has 1 aromatic heterocycles. The molecule has 0 fully saturated rings. The molecule has 2 heteroatoms. The van der Waals surface area contributed by atoms with Crippen LogP contribution >= 0.6 is 7.92 Å². The van der Waals surface area contributed by atoms with Gasteiger partial charge in [0.2, 0.25) is 0 Å². The van der Waals surface area contributed by atoms with Crippen LogP contribution in [0.1, 0.15) is 41.5 Å². The van der Waals surface area contributed by atoms with Crippen molar-refractivity contribution in [3.05, 3.63) is 42.7 Å². The molecule has 0 spiro atoms. The summed E-state index contributed by atoms with van der Waals surface area (Å²) in [6, 6.07) is 12.7. The molecule has 0 saturated heterocycles. The molecule has 0 N–H and O–H groups in total. The Kier molecular flexibility index (Phi) is 4.12. The Morgan fingerprint density at radius 1 is 0.800 bits per heavy atom. The van der Waals surface area contributed by atoms with Crippen LogP contribution in [0.15, 0.2) is 47.1 Å². The summed E-state index contributed by atoms with van der Waals surface area (Å²) < 4.78 is 5.96. The molecular formula is C18H25OP. The van der Waals surface area contributed by atoms with Crippen LogP contribution in [0.4, 0.5) is 0 Å². The van der Waals surface area contributed by atoms with E-state index in [1.807, 2.05) is 6.26 Å². The Balaban J connectivity index is 2.55. The molecule has 1 aromatic carbocycles. The maximum atomic E-state index is 5.96. The molecule has 0 aliphatic carbocycles. The fourth-order valence-corrected chi connectivity index (χ4v) is 6.77. The van der Waals surface area contributed by atoms with Crippen LogP contribution in [0, 0.1) is 0 Å². The Morgan fingerprint density at radius 3 is 1.85 bits per heavy atom. The molecule has 0 aliphatic rings. The van der Waals surface area contributed by atoms with Gasteiger partial charge in [0.1, 0.15) is 5.50 Å². The molecule has 0 radical (unpaired) electrons. The second-order valence-corrected chi connectivity index (χ2v) is 10.9. The first-order valence-electron chi connectivity index (χ1n) is 7.14. The average molecular weight is 288 g/mol. The third kappa shape index (κ3) is 3.15. The molecule has 0 saturated carbocycles. The highest BCUT2D eigenvalue weighted by atomic mass is 31.1. The Morgan fingerprint density at radius 2 is 1.35 bits per heavy atom. The lowest BCUT2D eigenvalue weighted by Gasteiger charge is -2.40. The molecule has 1 heterocycles. The first-order valence-corrected chi connectivity index (χ1v) is 8.48. The van der Waals surface area contributed by atoms with Crippen molar-refractivity contribution in [2.24, 2.45) is 0 Å². The van der Waals surface area contributed by atoms with Gasteiger partial charge in [0, 0.05) is 5.56 Å². The van der Waals surface area contributed by atoms with Gasteiger partial charge in [-0.3, -0.25) is 0 Å². The highest BCUT2D eigenvalue weighted by Crippen LogP contribution is 2.59. The van der Waals surface area contributed by atoms with Crippen molar-refractivity contribution in [1.82, 2.24) is 0 Å². The van der Waals surface area contributed by atoms with E-state index in [1.165, 1.54) is 16.6 Å². The van der Waals surface area contributed by atoms with Gasteiger partial charge in [0.25, 0.3) is 0 Å². The van der Waals surface area contributed by atoms with Gasteiger partial charge < -0.3 is 4.42 Å². The maximum absolute atomic E-state index is 5.96. The van der Waals surface area contributed by atoms with Gasteiger partial charge in [-0.05, 0) is 29.9 Å². The van der Waals surface area contributed by atoms with Crippen molar-refractivity contribution in [2.45, 2.75) is 51.9 Å². The van der Waals surface area contributed by atoms with E-state index in [0.717, 1.165) is 0 Å². The molecule has 20 heavy (non-hydrogen) atoms. The van der Waals surface area contributed by atoms with Gasteiger partial charge in [-0.15, -0.1) is 0 Å². The van der Waals surface area contributed by atoms with E-state index in [4.69, 9.17) is 4.42 Å². The van der Waals surface area contributed by atoms with E-state index in [9.17, 15) is 0 Å². The largest absolute Gasteiger partial charge is 0.464 e. The summed E-state index contributed by atoms with van der Waals surface area (Å²) in [5, 5.41) is 0.434. The smallest absolute Gasteiger partial charge is 0.134 e. The van der Waals surface area contributed by atoms with Gasteiger partial charge in [-0.2, -0.15) is 0 Å². The van der Waals surface area contributed by atoms with Gasteiger partial charge in [-0.1, -0.05) is 71.9 Å². The topological polar surface area (TPSA) is 13.1 Å². The monoisotopic (exact) mass is 288 g/mol. The number of hydrogen-bond acceptors (Lipinski definition) is 1. The third-order valence-electron chi connectivity index (χ3n) is 3.27. The third-order valence-corrected chi connectivity index (χ3v) is 6.71. The summed E-state index contributed by atoms with van der Waals surface area (Å²) in [4.78, 5) is 0. The number of furan rings is 1. The van der Waals surface area contributed by atoms with E-state index in [2.05, 4.69) is 77.9 Å². The second-order valence-electron chi connectivity index (χ2n) is 7.18. The summed E-state index contributed by atoms with van der Waals surface area (Å²) in [5.74, 6) is 0. The molecule has 0 aliphatic heterocycles. The minimum Gasteiger partial charge on any atom is -0.464 e. The lowest BCUT2D eigenvalue weighted by molar-refractivity contribution is 0.593. The van der Waals surface area contributed by atoms with Gasteiger partial charge >= 0.3 is 0 Å². The summed E-state index contributed by atoms with van der Waals surface area (Å²) in [6.45, 7) is 13.9. The van der Waals surface area contributed by atoms with Crippen molar-refractivity contribution < 1.29 is 4.42 Å².